The Bertz CT molecular complexity index is 1390. The highest BCUT2D eigenvalue weighted by Gasteiger charge is 2.38. The predicted molar refractivity (Wildman–Crippen MR) is 210 cm³/mol. The van der Waals surface area contributed by atoms with Crippen molar-refractivity contribution < 1.29 is 30.8 Å². The molecule has 51 heavy (non-hydrogen) atoms. The van der Waals surface area contributed by atoms with Gasteiger partial charge in [0, 0.05) is 63.5 Å². The molecule has 1 atom stereocenters. The molecule has 0 spiro atoms. The molecule has 2 amide bonds. The molecule has 0 unspecified atom stereocenters. The van der Waals surface area contributed by atoms with Gasteiger partial charge >= 0.3 is 0 Å². The van der Waals surface area contributed by atoms with Crippen molar-refractivity contribution in [3.05, 3.63) is 30.0 Å². The Morgan fingerprint density at radius 2 is 1.63 bits per heavy atom. The quantitative estimate of drug-likeness (QED) is 0.364. The Balaban J connectivity index is 0.00000417. The van der Waals surface area contributed by atoms with Gasteiger partial charge in [0.25, 0.3) is 5.91 Å². The zero-order valence-corrected chi connectivity index (χ0v) is 32.8. The molecular formula is C34H59Cl3N8O6. The van der Waals surface area contributed by atoms with E-state index in [9.17, 15) is 9.59 Å². The Morgan fingerprint density at radius 3 is 2.20 bits per heavy atom. The molecule has 14 nitrogen and oxygen atoms in total. The van der Waals surface area contributed by atoms with Crippen LogP contribution in [0.4, 0.5) is 23.1 Å². The van der Waals surface area contributed by atoms with Crippen LogP contribution in [0.1, 0.15) is 76.1 Å². The summed E-state index contributed by atoms with van der Waals surface area (Å²) in [5, 5.41) is 6.55. The number of hydrogen-bond acceptors (Lipinski definition) is 9. The SMILES string of the molecule is CC[C@@H]1C(=O)N(C)c2cnc(Nc3ccc(C(=O)N[C@H]4CC[C@H](N5CCN(CC6CC6)CC5)CC4)cc3OC)nc2N1C(C)C.Cl.Cl.Cl.O.O.O. The molecule has 3 heterocycles. The average Bonchev–Trinajstić information content (AvgIpc) is 3.87. The lowest BCUT2D eigenvalue weighted by Gasteiger charge is -2.42. The first-order valence-corrected chi connectivity index (χ1v) is 16.9. The minimum Gasteiger partial charge on any atom is -0.495 e. The maximum Gasteiger partial charge on any atom is 0.251 e. The van der Waals surface area contributed by atoms with Crippen LogP contribution in [0.3, 0.4) is 0 Å². The van der Waals surface area contributed by atoms with Crippen molar-refractivity contribution in [2.24, 2.45) is 5.92 Å². The maximum absolute atomic E-state index is 13.3. The van der Waals surface area contributed by atoms with Crippen molar-refractivity contribution in [3.63, 3.8) is 0 Å². The van der Waals surface area contributed by atoms with Gasteiger partial charge in [-0.3, -0.25) is 14.5 Å². The Morgan fingerprint density at radius 1 is 0.980 bits per heavy atom. The molecule has 17 heteroatoms. The van der Waals surface area contributed by atoms with Gasteiger partial charge in [-0.25, -0.2) is 4.98 Å². The molecular weight excluding hydrogens is 723 g/mol. The number of carbonyl (C=O) groups is 2. The van der Waals surface area contributed by atoms with Crippen LogP contribution < -0.4 is 25.2 Å². The maximum atomic E-state index is 13.3. The molecule has 2 saturated carbocycles. The second-order valence-corrected chi connectivity index (χ2v) is 13.5. The molecule has 0 bridgehead atoms. The van der Waals surface area contributed by atoms with Gasteiger partial charge in [0.15, 0.2) is 5.82 Å². The molecule has 1 aromatic heterocycles. The smallest absolute Gasteiger partial charge is 0.251 e. The van der Waals surface area contributed by atoms with E-state index in [1.807, 2.05) is 19.1 Å². The van der Waals surface area contributed by atoms with Crippen LogP contribution in [0.2, 0.25) is 0 Å². The first-order valence-electron chi connectivity index (χ1n) is 16.9. The summed E-state index contributed by atoms with van der Waals surface area (Å²) >= 11 is 0. The monoisotopic (exact) mass is 780 g/mol. The summed E-state index contributed by atoms with van der Waals surface area (Å²) in [6.45, 7) is 12.2. The number of benzene rings is 1. The first kappa shape index (κ1) is 48.3. The first-order chi connectivity index (χ1) is 21.7. The fourth-order valence-electron chi connectivity index (χ4n) is 7.32. The third-order valence-electron chi connectivity index (χ3n) is 10.1. The zero-order chi connectivity index (χ0) is 31.7. The van der Waals surface area contributed by atoms with Gasteiger partial charge in [-0.15, -0.1) is 37.2 Å². The minimum absolute atomic E-state index is 0. The molecule has 4 aliphatic rings. The van der Waals surface area contributed by atoms with Crippen LogP contribution in [0, 0.1) is 5.92 Å². The summed E-state index contributed by atoms with van der Waals surface area (Å²) in [5.74, 6) is 2.59. The van der Waals surface area contributed by atoms with Gasteiger partial charge in [0.1, 0.15) is 17.5 Å². The van der Waals surface area contributed by atoms with Crippen molar-refractivity contribution in [2.75, 3.05) is 62.0 Å². The van der Waals surface area contributed by atoms with E-state index in [1.54, 1.807) is 31.3 Å². The van der Waals surface area contributed by atoms with E-state index in [1.165, 1.54) is 45.6 Å². The zero-order valence-electron chi connectivity index (χ0n) is 30.3. The number of hydrogen-bond donors (Lipinski definition) is 2. The fraction of sp³-hybridized carbons (Fsp3) is 0.647. The van der Waals surface area contributed by atoms with E-state index in [0.29, 0.717) is 41.1 Å². The highest BCUT2D eigenvalue weighted by Crippen LogP contribution is 2.37. The lowest BCUT2D eigenvalue weighted by molar-refractivity contribution is -0.120. The molecule has 1 aromatic carbocycles. The van der Waals surface area contributed by atoms with Crippen LogP contribution in [0.5, 0.6) is 5.75 Å². The number of nitrogens with zero attached hydrogens (tertiary/aromatic N) is 6. The molecule has 6 rings (SSSR count). The van der Waals surface area contributed by atoms with Crippen molar-refractivity contribution >= 4 is 72.2 Å². The van der Waals surface area contributed by atoms with E-state index in [-0.39, 0.29) is 83.6 Å². The van der Waals surface area contributed by atoms with Crippen molar-refractivity contribution in [3.8, 4) is 5.75 Å². The molecule has 292 valence electrons. The van der Waals surface area contributed by atoms with Crippen LogP contribution in [0.25, 0.3) is 0 Å². The summed E-state index contributed by atoms with van der Waals surface area (Å²) in [5.41, 5.74) is 1.91. The topological polar surface area (TPSA) is 201 Å². The van der Waals surface area contributed by atoms with Crippen LogP contribution in [0.15, 0.2) is 24.4 Å². The van der Waals surface area contributed by atoms with Gasteiger partial charge in [0.05, 0.1) is 19.0 Å². The Hall–Kier alpha value is -2.69. The third-order valence-corrected chi connectivity index (χ3v) is 10.1. The van der Waals surface area contributed by atoms with Crippen LogP contribution in [-0.4, -0.2) is 119 Å². The number of amides is 2. The second-order valence-electron chi connectivity index (χ2n) is 13.5. The number of likely N-dealkylation sites (N-methyl/N-ethyl adjacent to an activating group) is 1. The van der Waals surface area contributed by atoms with Crippen LogP contribution >= 0.6 is 37.2 Å². The fourth-order valence-corrected chi connectivity index (χ4v) is 7.32. The highest BCUT2D eigenvalue weighted by atomic mass is 35.5. The lowest BCUT2D eigenvalue weighted by atomic mass is 9.89. The number of piperazine rings is 1. The largest absolute Gasteiger partial charge is 0.495 e. The number of carbonyl (C=O) groups excluding carboxylic acids is 2. The number of ether oxygens (including phenoxy) is 1. The molecule has 3 fully saturated rings. The summed E-state index contributed by atoms with van der Waals surface area (Å²) < 4.78 is 5.68. The molecule has 2 aromatic rings. The number of rotatable bonds is 10. The number of halogens is 3. The summed E-state index contributed by atoms with van der Waals surface area (Å²) in [6.07, 6.45) is 9.51. The highest BCUT2D eigenvalue weighted by molar-refractivity contribution is 6.04. The number of anilines is 4. The third kappa shape index (κ3) is 10.9. The molecule has 8 N–H and O–H groups in total. The van der Waals surface area contributed by atoms with E-state index < -0.39 is 0 Å². The van der Waals surface area contributed by atoms with Crippen molar-refractivity contribution in [1.82, 2.24) is 25.1 Å². The van der Waals surface area contributed by atoms with E-state index >= 15 is 0 Å². The second kappa shape index (κ2) is 21.1. The predicted octanol–water partition coefficient (Wildman–Crippen LogP) is 3.06. The van der Waals surface area contributed by atoms with E-state index in [4.69, 9.17) is 9.72 Å². The van der Waals surface area contributed by atoms with Gasteiger partial charge in [-0.2, -0.15) is 4.98 Å². The average molecular weight is 782 g/mol. The van der Waals surface area contributed by atoms with Gasteiger partial charge in [0.2, 0.25) is 11.9 Å². The molecule has 1 saturated heterocycles. The summed E-state index contributed by atoms with van der Waals surface area (Å²) in [4.78, 5) is 44.6. The standard InChI is InChI=1S/C34H50N8O3.3ClH.3H2O/c1-6-28-33(44)39(4)29-20-35-34(38-31(29)42(28)22(2)3)37-27-14-9-24(19-30(27)45-5)32(43)36-25-10-12-26(13-11-25)41-17-15-40(16-18-41)21-23-7-8-23;;;;;;/h9,14,19-20,22-23,25-26,28H,6-8,10-13,15-18,21H2,1-5H3,(H,36,43)(H,35,37,38);3*1H;3*1H2/t25-,26-,28-;;;;;;/m1....../s1. The number of nitrogens with one attached hydrogen (secondary N) is 2. The Kier molecular flexibility index (Phi) is 20.0. The van der Waals surface area contributed by atoms with Gasteiger partial charge in [-0.05, 0) is 82.9 Å². The summed E-state index contributed by atoms with van der Waals surface area (Å²) in [6, 6.07) is 6.05. The minimum atomic E-state index is -0.278. The van der Waals surface area contributed by atoms with Crippen molar-refractivity contribution in [2.45, 2.75) is 89.9 Å². The van der Waals surface area contributed by atoms with E-state index in [0.717, 1.165) is 37.4 Å². The normalized spacial score (nSPS) is 21.6. The number of fused-ring (bicyclic) bond motifs is 1. The number of aromatic nitrogens is 2. The molecule has 0 radical (unpaired) electrons. The molecule has 2 aliphatic carbocycles. The summed E-state index contributed by atoms with van der Waals surface area (Å²) in [7, 11) is 3.36. The molecule has 2 aliphatic heterocycles. The Labute approximate surface area is 320 Å². The van der Waals surface area contributed by atoms with Gasteiger partial charge < -0.3 is 46.5 Å². The van der Waals surface area contributed by atoms with E-state index in [2.05, 4.69) is 44.2 Å². The van der Waals surface area contributed by atoms with Crippen LogP contribution in [-0.2, 0) is 4.79 Å². The van der Waals surface area contributed by atoms with Crippen molar-refractivity contribution in [1.29, 1.82) is 0 Å². The number of methoxy groups -OCH3 is 1. The van der Waals surface area contributed by atoms with Gasteiger partial charge in [-0.1, -0.05) is 6.92 Å². The lowest BCUT2D eigenvalue weighted by Crippen LogP contribution is -2.54.